The van der Waals surface area contributed by atoms with Crippen LogP contribution in [0, 0.1) is 0 Å². The third-order valence-corrected chi connectivity index (χ3v) is 18.1. The van der Waals surface area contributed by atoms with E-state index >= 15 is 0 Å². The van der Waals surface area contributed by atoms with Gasteiger partial charge in [0, 0.05) is 31.2 Å². The molecule has 0 fully saturated rings. The van der Waals surface area contributed by atoms with Crippen molar-refractivity contribution in [1.29, 1.82) is 0 Å². The summed E-state index contributed by atoms with van der Waals surface area (Å²) >= 11 is 16.6. The van der Waals surface area contributed by atoms with E-state index in [-0.39, 0.29) is 59.4 Å². The zero-order valence-electron chi connectivity index (χ0n) is 49.8. The van der Waals surface area contributed by atoms with Crippen molar-refractivity contribution in [3.05, 3.63) is 299 Å². The molecule has 9 aromatic carbocycles. The number of aliphatic carboxylic acids is 1. The number of fused-ring (bicyclic) bond motifs is 3. The smallest absolute Gasteiger partial charge is 0.306 e. The Kier molecular flexibility index (Phi) is 24.3. The number of esters is 2. The molecule has 9 aromatic rings. The lowest BCUT2D eigenvalue weighted by Gasteiger charge is -2.19. The minimum atomic E-state index is -0.803. The normalized spacial score (nSPS) is 15.9. The molecule has 3 aliphatic rings. The van der Waals surface area contributed by atoms with E-state index in [2.05, 4.69) is 127 Å². The van der Waals surface area contributed by atoms with Gasteiger partial charge >= 0.3 is 17.9 Å². The largest absolute Gasteiger partial charge is 0.508 e. The highest BCUT2D eigenvalue weighted by Crippen LogP contribution is 2.41. The number of alkyl halides is 1. The Morgan fingerprint density at radius 2 is 0.764 bits per heavy atom. The quantitative estimate of drug-likeness (QED) is 0.0637. The van der Waals surface area contributed by atoms with Gasteiger partial charge in [-0.15, -0.1) is 11.6 Å². The lowest BCUT2D eigenvalue weighted by Crippen LogP contribution is -2.11. The van der Waals surface area contributed by atoms with Gasteiger partial charge in [0.25, 0.3) is 0 Å². The molecule has 0 spiro atoms. The maximum absolute atomic E-state index is 12.2. The van der Waals surface area contributed by atoms with E-state index in [1.165, 1.54) is 33.4 Å². The maximum atomic E-state index is 12.2. The number of ether oxygens (including phenoxy) is 4. The predicted molar refractivity (Wildman–Crippen MR) is 363 cm³/mol. The molecule has 0 aromatic heterocycles. The van der Waals surface area contributed by atoms with Crippen LogP contribution in [0.2, 0.25) is 0 Å². The lowest BCUT2D eigenvalue weighted by molar-refractivity contribution is -0.144. The van der Waals surface area contributed by atoms with Gasteiger partial charge in [0.1, 0.15) is 29.5 Å². The van der Waals surface area contributed by atoms with E-state index in [4.69, 9.17) is 30.5 Å². The third kappa shape index (κ3) is 18.8. The number of carbonyl (C=O) groups excluding carboxylic acids is 2. The molecule has 13 heteroatoms. The fourth-order valence-corrected chi connectivity index (χ4v) is 13.3. The van der Waals surface area contributed by atoms with Crippen LogP contribution in [0.4, 0.5) is 0 Å². The summed E-state index contributed by atoms with van der Waals surface area (Å²) in [5.41, 5.74) is 14.2. The van der Waals surface area contributed by atoms with Gasteiger partial charge in [-0.2, -0.15) is 0 Å². The SMILES string of the molecule is CCOC(=O)CC(c1ccccc1)c1ccc(O)cc1.CCOC(=O)CC(c1ccccc1)c1ccc(OC2CCc3cc(Br)ccc32)cc1.ClC1CCc2cc(Br)ccc21.O=C(O)CC(c1ccccc1)c1ccc(OC2CCc3cc(Br)ccc32)cc1. The topological polar surface area (TPSA) is 129 Å². The number of carbonyl (C=O) groups is 3. The number of aromatic hydroxyl groups is 1. The Balaban J connectivity index is 0.000000148. The second-order valence-electron chi connectivity index (χ2n) is 22.1. The molecule has 0 saturated carbocycles. The van der Waals surface area contributed by atoms with Crippen LogP contribution >= 0.6 is 59.4 Å². The molecule has 6 atom stereocenters. The van der Waals surface area contributed by atoms with Crippen LogP contribution in [0.5, 0.6) is 17.2 Å². The Labute approximate surface area is 552 Å². The van der Waals surface area contributed by atoms with Crippen LogP contribution in [0.3, 0.4) is 0 Å². The zero-order chi connectivity index (χ0) is 62.7. The second-order valence-corrected chi connectivity index (χ2v) is 25.3. The minimum absolute atomic E-state index is 0.0381. The Morgan fingerprint density at radius 3 is 1.13 bits per heavy atom. The number of hydrogen-bond acceptors (Lipinski definition) is 8. The Bertz CT molecular complexity index is 3740. The number of carboxylic acid groups (broad SMARTS) is 1. The minimum Gasteiger partial charge on any atom is -0.508 e. The van der Waals surface area contributed by atoms with Crippen LogP contribution in [-0.2, 0) is 43.1 Å². The average Bonchev–Trinajstić information content (AvgIpc) is 3.34. The highest BCUT2D eigenvalue weighted by molar-refractivity contribution is 9.11. The molecule has 0 amide bonds. The number of halogens is 4. The molecule has 0 saturated heterocycles. The summed E-state index contributed by atoms with van der Waals surface area (Å²) in [6, 6.07) is 71.8. The molecule has 12 rings (SSSR count). The van der Waals surface area contributed by atoms with Crippen LogP contribution in [0.15, 0.2) is 232 Å². The lowest BCUT2D eigenvalue weighted by atomic mass is 9.88. The molecule has 0 radical (unpaired) electrons. The highest BCUT2D eigenvalue weighted by Gasteiger charge is 2.27. The number of rotatable bonds is 18. The second kappa shape index (κ2) is 32.8. The van der Waals surface area contributed by atoms with Gasteiger partial charge in [-0.05, 0) is 192 Å². The van der Waals surface area contributed by atoms with E-state index < -0.39 is 5.97 Å². The van der Waals surface area contributed by atoms with Crippen LogP contribution in [0.1, 0.15) is 154 Å². The molecule has 6 unspecified atom stereocenters. The molecule has 2 N–H and O–H groups in total. The molecule has 458 valence electrons. The molecule has 89 heavy (non-hydrogen) atoms. The van der Waals surface area contributed by atoms with E-state index in [0.717, 1.165) is 96.8 Å². The number of phenolic OH excluding ortho intramolecular Hbond substituents is 1. The van der Waals surface area contributed by atoms with Crippen LogP contribution in [-0.4, -0.2) is 41.3 Å². The predicted octanol–water partition coefficient (Wildman–Crippen LogP) is 19.9. The van der Waals surface area contributed by atoms with E-state index in [9.17, 15) is 24.6 Å². The molecule has 0 heterocycles. The number of aryl methyl sites for hydroxylation is 3. The molecular formula is C76H72Br3ClO9. The van der Waals surface area contributed by atoms with Crippen molar-refractivity contribution >= 4 is 77.3 Å². The van der Waals surface area contributed by atoms with Gasteiger partial charge in [-0.3, -0.25) is 14.4 Å². The van der Waals surface area contributed by atoms with Crippen molar-refractivity contribution < 1.29 is 43.5 Å². The average molecular weight is 1400 g/mol. The number of phenols is 1. The first-order chi connectivity index (χ1) is 43.2. The summed E-state index contributed by atoms with van der Waals surface area (Å²) in [6.45, 7) is 4.42. The number of carboxylic acids is 1. The highest BCUT2D eigenvalue weighted by atomic mass is 79.9. The van der Waals surface area contributed by atoms with E-state index in [1.807, 2.05) is 134 Å². The first-order valence-corrected chi connectivity index (χ1v) is 33.0. The fourth-order valence-electron chi connectivity index (χ4n) is 11.8. The molecule has 9 nitrogen and oxygen atoms in total. The summed E-state index contributed by atoms with van der Waals surface area (Å²) < 4.78 is 26.1. The summed E-state index contributed by atoms with van der Waals surface area (Å²) in [5, 5.41) is 19.0. The van der Waals surface area contributed by atoms with Gasteiger partial charge in [0.05, 0.1) is 37.9 Å². The number of hydrogen-bond donors (Lipinski definition) is 2. The summed E-state index contributed by atoms with van der Waals surface area (Å²) in [5.74, 6) is 0.417. The third-order valence-electron chi connectivity index (χ3n) is 16.1. The van der Waals surface area contributed by atoms with Crippen molar-refractivity contribution in [3.8, 4) is 17.2 Å². The van der Waals surface area contributed by atoms with Crippen LogP contribution in [0.25, 0.3) is 0 Å². The van der Waals surface area contributed by atoms with Gasteiger partial charge in [0.2, 0.25) is 0 Å². The molecule has 0 aliphatic heterocycles. The van der Waals surface area contributed by atoms with Crippen molar-refractivity contribution in [2.45, 2.75) is 107 Å². The first-order valence-electron chi connectivity index (χ1n) is 30.2. The monoisotopic (exact) mass is 1400 g/mol. The van der Waals surface area contributed by atoms with Gasteiger partial charge in [0.15, 0.2) is 0 Å². The van der Waals surface area contributed by atoms with Crippen molar-refractivity contribution in [2.75, 3.05) is 13.2 Å². The number of benzene rings is 9. The van der Waals surface area contributed by atoms with Crippen molar-refractivity contribution in [3.63, 3.8) is 0 Å². The first kappa shape index (κ1) is 66.0. The maximum Gasteiger partial charge on any atom is 0.306 e. The standard InChI is InChI=1S/C26H25BrO3.C24H21BrO3.C17H18O3.C9H8BrCl/c1-2-29-26(28)17-24(18-6-4-3-5-7-18)19-8-12-22(13-9-19)30-25-15-10-20-16-21(27)11-14-23(20)25;25-19-9-12-21-18(14-19)8-13-23(21)28-20-10-6-17(7-11-20)22(15-24(26)27)16-4-2-1-3-5-16;1-2-20-17(19)12-16(13-6-4-3-5-7-13)14-8-10-15(18)11-9-14;10-7-2-3-8-6(5-7)1-4-9(8)11/h3-9,11-14,16,24-25H,2,10,15,17H2,1H3;1-7,9-12,14,22-23H,8,13,15H2,(H,26,27);3-11,16,18H,2,12H2,1H3;2-3,5,9H,1,4H2. The van der Waals surface area contributed by atoms with Gasteiger partial charge < -0.3 is 29.2 Å². The molecule has 0 bridgehead atoms. The Morgan fingerprint density at radius 1 is 0.438 bits per heavy atom. The fraction of sp³-hybridized carbons (Fsp3) is 0.250. The van der Waals surface area contributed by atoms with Crippen molar-refractivity contribution in [2.24, 2.45) is 0 Å². The van der Waals surface area contributed by atoms with E-state index in [1.54, 1.807) is 19.1 Å². The van der Waals surface area contributed by atoms with E-state index in [0.29, 0.717) is 26.1 Å². The summed E-state index contributed by atoms with van der Waals surface area (Å²) in [6.07, 6.45) is 7.07. The van der Waals surface area contributed by atoms with Crippen LogP contribution < -0.4 is 9.47 Å². The zero-order valence-corrected chi connectivity index (χ0v) is 55.3. The Hall–Kier alpha value is -7.48. The van der Waals surface area contributed by atoms with Crippen molar-refractivity contribution in [1.82, 2.24) is 0 Å². The molecule has 3 aliphatic carbocycles. The van der Waals surface area contributed by atoms with Gasteiger partial charge in [-0.1, -0.05) is 193 Å². The molecular weight excluding hydrogens is 1330 g/mol. The summed E-state index contributed by atoms with van der Waals surface area (Å²) in [4.78, 5) is 35.3. The summed E-state index contributed by atoms with van der Waals surface area (Å²) in [7, 11) is 0. The van der Waals surface area contributed by atoms with Gasteiger partial charge in [-0.25, -0.2) is 0 Å².